The molecule has 0 radical (unpaired) electrons. The van der Waals surface area contributed by atoms with Crippen LogP contribution in [-0.4, -0.2) is 11.7 Å². The first-order valence-electron chi connectivity index (χ1n) is 6.17. The molecular weight excluding hydrogens is 294 g/mol. The molecule has 0 aliphatic heterocycles. The molecule has 1 N–H and O–H groups in total. The van der Waals surface area contributed by atoms with Crippen molar-refractivity contribution in [1.29, 1.82) is 0 Å². The van der Waals surface area contributed by atoms with Gasteiger partial charge in [-0.1, -0.05) is 11.6 Å². The molecule has 1 aromatic carbocycles. The van der Waals surface area contributed by atoms with Crippen molar-refractivity contribution in [2.45, 2.75) is 19.8 Å². The SMILES string of the molecule is CC(=O)c1ccc(Cl)c(NC(=O)CCc2ccsc2)c1. The van der Waals surface area contributed by atoms with E-state index in [1.165, 1.54) is 6.92 Å². The van der Waals surface area contributed by atoms with Crippen molar-refractivity contribution in [3.05, 3.63) is 51.2 Å². The van der Waals surface area contributed by atoms with Gasteiger partial charge in [0.15, 0.2) is 5.78 Å². The number of hydrogen-bond donors (Lipinski definition) is 1. The molecule has 0 atom stereocenters. The Balaban J connectivity index is 2.00. The number of nitrogens with one attached hydrogen (secondary N) is 1. The smallest absolute Gasteiger partial charge is 0.224 e. The molecular formula is C15H14ClNO2S. The highest BCUT2D eigenvalue weighted by Gasteiger charge is 2.09. The van der Waals surface area contributed by atoms with Crippen LogP contribution in [-0.2, 0) is 11.2 Å². The summed E-state index contributed by atoms with van der Waals surface area (Å²) in [6.45, 7) is 1.48. The molecule has 0 bridgehead atoms. The number of aryl methyl sites for hydroxylation is 1. The van der Waals surface area contributed by atoms with E-state index in [1.54, 1.807) is 29.5 Å². The van der Waals surface area contributed by atoms with Gasteiger partial charge in [0.2, 0.25) is 5.91 Å². The molecule has 2 aromatic rings. The molecule has 0 aliphatic carbocycles. The second-order valence-electron chi connectivity index (χ2n) is 4.43. The lowest BCUT2D eigenvalue weighted by molar-refractivity contribution is -0.116. The van der Waals surface area contributed by atoms with Crippen LogP contribution in [0.2, 0.25) is 5.02 Å². The average molecular weight is 308 g/mol. The van der Waals surface area contributed by atoms with Crippen LogP contribution >= 0.6 is 22.9 Å². The largest absolute Gasteiger partial charge is 0.325 e. The Morgan fingerprint density at radius 1 is 1.30 bits per heavy atom. The summed E-state index contributed by atoms with van der Waals surface area (Å²) in [5.41, 5.74) is 2.16. The Labute approximate surface area is 126 Å². The van der Waals surface area contributed by atoms with Crippen LogP contribution in [0.15, 0.2) is 35.0 Å². The van der Waals surface area contributed by atoms with Crippen molar-refractivity contribution >= 4 is 40.3 Å². The van der Waals surface area contributed by atoms with E-state index in [4.69, 9.17) is 11.6 Å². The van der Waals surface area contributed by atoms with E-state index in [2.05, 4.69) is 5.32 Å². The van der Waals surface area contributed by atoms with E-state index in [-0.39, 0.29) is 11.7 Å². The minimum atomic E-state index is -0.112. The molecule has 0 fully saturated rings. The number of halogens is 1. The molecule has 0 aliphatic rings. The van der Waals surface area contributed by atoms with Gasteiger partial charge >= 0.3 is 0 Å². The van der Waals surface area contributed by atoms with Crippen LogP contribution in [0.1, 0.15) is 29.3 Å². The first-order valence-corrected chi connectivity index (χ1v) is 7.50. The van der Waals surface area contributed by atoms with E-state index >= 15 is 0 Å². The summed E-state index contributed by atoms with van der Waals surface area (Å²) in [6.07, 6.45) is 1.08. The number of anilines is 1. The van der Waals surface area contributed by atoms with E-state index in [0.29, 0.717) is 29.1 Å². The quantitative estimate of drug-likeness (QED) is 0.842. The van der Waals surface area contributed by atoms with Gasteiger partial charge in [0.05, 0.1) is 10.7 Å². The summed E-state index contributed by atoms with van der Waals surface area (Å²) in [6, 6.07) is 6.87. The summed E-state index contributed by atoms with van der Waals surface area (Å²) >= 11 is 7.63. The van der Waals surface area contributed by atoms with Gasteiger partial charge in [-0.15, -0.1) is 0 Å². The number of thiophene rings is 1. The van der Waals surface area contributed by atoms with Crippen LogP contribution < -0.4 is 5.32 Å². The van der Waals surface area contributed by atoms with Gasteiger partial charge in [0.25, 0.3) is 0 Å². The first kappa shape index (κ1) is 14.8. The third-order valence-corrected chi connectivity index (χ3v) is 3.93. The second-order valence-corrected chi connectivity index (χ2v) is 5.62. The normalized spacial score (nSPS) is 10.3. The molecule has 1 aromatic heterocycles. The van der Waals surface area contributed by atoms with Crippen molar-refractivity contribution in [3.63, 3.8) is 0 Å². The van der Waals surface area contributed by atoms with Gasteiger partial charge in [-0.05, 0) is 53.9 Å². The third-order valence-electron chi connectivity index (χ3n) is 2.87. The molecule has 0 unspecified atom stereocenters. The van der Waals surface area contributed by atoms with Gasteiger partial charge in [-0.2, -0.15) is 11.3 Å². The Hall–Kier alpha value is -1.65. The van der Waals surface area contributed by atoms with Crippen LogP contribution in [0.4, 0.5) is 5.69 Å². The minimum absolute atomic E-state index is 0.0598. The van der Waals surface area contributed by atoms with Crippen LogP contribution in [0.25, 0.3) is 0 Å². The lowest BCUT2D eigenvalue weighted by Gasteiger charge is -2.08. The maximum atomic E-state index is 11.9. The van der Waals surface area contributed by atoms with Crippen LogP contribution in [0, 0.1) is 0 Å². The fourth-order valence-electron chi connectivity index (χ4n) is 1.75. The van der Waals surface area contributed by atoms with Crippen molar-refractivity contribution in [2.75, 3.05) is 5.32 Å². The monoisotopic (exact) mass is 307 g/mol. The molecule has 20 heavy (non-hydrogen) atoms. The zero-order chi connectivity index (χ0) is 14.5. The van der Waals surface area contributed by atoms with Gasteiger partial charge in [0.1, 0.15) is 0 Å². The van der Waals surface area contributed by atoms with E-state index in [1.807, 2.05) is 16.8 Å². The first-order chi connectivity index (χ1) is 9.56. The van der Waals surface area contributed by atoms with Gasteiger partial charge in [0, 0.05) is 12.0 Å². The highest BCUT2D eigenvalue weighted by atomic mass is 35.5. The zero-order valence-electron chi connectivity index (χ0n) is 11.0. The molecule has 5 heteroatoms. The van der Waals surface area contributed by atoms with Gasteiger partial charge < -0.3 is 5.32 Å². The fourth-order valence-corrected chi connectivity index (χ4v) is 2.61. The molecule has 2 rings (SSSR count). The average Bonchev–Trinajstić information content (AvgIpc) is 2.92. The second kappa shape index (κ2) is 6.68. The number of hydrogen-bond acceptors (Lipinski definition) is 3. The number of Topliss-reactive ketones (excluding diaryl/α,β-unsaturated/α-hetero) is 1. The van der Waals surface area contributed by atoms with Gasteiger partial charge in [-0.25, -0.2) is 0 Å². The van der Waals surface area contributed by atoms with Crippen molar-refractivity contribution in [3.8, 4) is 0 Å². The maximum absolute atomic E-state index is 11.9. The number of ketones is 1. The Kier molecular flexibility index (Phi) is 4.93. The number of carbonyl (C=O) groups excluding carboxylic acids is 2. The molecule has 1 amide bonds. The minimum Gasteiger partial charge on any atom is -0.325 e. The van der Waals surface area contributed by atoms with Crippen molar-refractivity contribution in [1.82, 2.24) is 0 Å². The highest BCUT2D eigenvalue weighted by Crippen LogP contribution is 2.23. The van der Waals surface area contributed by atoms with E-state index in [9.17, 15) is 9.59 Å². The number of benzene rings is 1. The molecule has 0 saturated heterocycles. The highest BCUT2D eigenvalue weighted by molar-refractivity contribution is 7.07. The number of amides is 1. The van der Waals surface area contributed by atoms with E-state index in [0.717, 1.165) is 5.56 Å². The van der Waals surface area contributed by atoms with Crippen molar-refractivity contribution < 1.29 is 9.59 Å². The fraction of sp³-hybridized carbons (Fsp3) is 0.200. The summed E-state index contributed by atoms with van der Waals surface area (Å²) in [7, 11) is 0. The molecule has 3 nitrogen and oxygen atoms in total. The topological polar surface area (TPSA) is 46.2 Å². The zero-order valence-corrected chi connectivity index (χ0v) is 12.6. The van der Waals surface area contributed by atoms with Crippen molar-refractivity contribution in [2.24, 2.45) is 0 Å². The lowest BCUT2D eigenvalue weighted by atomic mass is 10.1. The van der Waals surface area contributed by atoms with Crippen LogP contribution in [0.5, 0.6) is 0 Å². The third kappa shape index (κ3) is 3.92. The Bertz CT molecular complexity index is 623. The molecule has 0 spiro atoms. The summed E-state index contributed by atoms with van der Waals surface area (Å²) in [5, 5.41) is 7.19. The van der Waals surface area contributed by atoms with E-state index < -0.39 is 0 Å². The Morgan fingerprint density at radius 2 is 2.10 bits per heavy atom. The molecule has 104 valence electrons. The number of rotatable bonds is 5. The maximum Gasteiger partial charge on any atom is 0.224 e. The lowest BCUT2D eigenvalue weighted by Crippen LogP contribution is -2.13. The van der Waals surface area contributed by atoms with Gasteiger partial charge in [-0.3, -0.25) is 9.59 Å². The predicted octanol–water partition coefficient (Wildman–Crippen LogP) is 4.18. The summed E-state index contributed by atoms with van der Waals surface area (Å²) in [4.78, 5) is 23.2. The number of carbonyl (C=O) groups is 2. The molecule has 0 saturated carbocycles. The van der Waals surface area contributed by atoms with Crippen LogP contribution in [0.3, 0.4) is 0 Å². The predicted molar refractivity (Wildman–Crippen MR) is 82.7 cm³/mol. The molecule has 1 heterocycles. The summed E-state index contributed by atoms with van der Waals surface area (Å²) in [5.74, 6) is -0.172. The summed E-state index contributed by atoms with van der Waals surface area (Å²) < 4.78 is 0. The standard InChI is InChI=1S/C15H14ClNO2S/c1-10(18)12-3-4-13(16)14(8-12)17-15(19)5-2-11-6-7-20-9-11/h3-4,6-9H,2,5H2,1H3,(H,17,19). The Morgan fingerprint density at radius 3 is 2.75 bits per heavy atom.